The highest BCUT2D eigenvalue weighted by molar-refractivity contribution is 6.41. The molecule has 1 aliphatic rings. The zero-order chi connectivity index (χ0) is 15.0. The number of halogens is 2. The van der Waals surface area contributed by atoms with Crippen LogP contribution < -0.4 is 4.90 Å². The van der Waals surface area contributed by atoms with Crippen molar-refractivity contribution >= 4 is 34.8 Å². The molecular formula is C16H14Cl2N2O. The summed E-state index contributed by atoms with van der Waals surface area (Å²) < 4.78 is 0. The summed E-state index contributed by atoms with van der Waals surface area (Å²) in [6.45, 7) is 2.87. The third kappa shape index (κ3) is 2.63. The summed E-state index contributed by atoms with van der Waals surface area (Å²) >= 11 is 11.8. The van der Waals surface area contributed by atoms with Gasteiger partial charge in [0.1, 0.15) is 5.15 Å². The predicted octanol–water partition coefficient (Wildman–Crippen LogP) is 4.54. The fraction of sp³-hybridized carbons (Fsp3) is 0.250. The van der Waals surface area contributed by atoms with Crippen LogP contribution in [0.5, 0.6) is 0 Å². The minimum absolute atomic E-state index is 0.0968. The second-order valence-electron chi connectivity index (χ2n) is 5.20. The molecule has 5 heteroatoms. The lowest BCUT2D eigenvalue weighted by Crippen LogP contribution is -2.36. The average molecular weight is 321 g/mol. The molecule has 0 bridgehead atoms. The summed E-state index contributed by atoms with van der Waals surface area (Å²) in [5.41, 5.74) is 2.62. The van der Waals surface area contributed by atoms with Gasteiger partial charge in [-0.05, 0) is 30.0 Å². The highest BCUT2D eigenvalue weighted by Gasteiger charge is 2.27. The molecule has 0 saturated heterocycles. The van der Waals surface area contributed by atoms with E-state index in [-0.39, 0.29) is 11.1 Å². The molecule has 0 radical (unpaired) electrons. The van der Waals surface area contributed by atoms with Crippen molar-refractivity contribution in [3.8, 4) is 0 Å². The Balaban J connectivity index is 1.99. The van der Waals surface area contributed by atoms with Crippen LogP contribution in [0.1, 0.15) is 35.2 Å². The van der Waals surface area contributed by atoms with Gasteiger partial charge in [0.2, 0.25) is 0 Å². The monoisotopic (exact) mass is 320 g/mol. The second-order valence-corrected chi connectivity index (χ2v) is 5.97. The number of amides is 1. The van der Waals surface area contributed by atoms with E-state index in [4.69, 9.17) is 23.2 Å². The SMILES string of the molecule is CC1CCN(C(=O)c2cnc(Cl)c(Cl)c2)c2ccccc21. The molecule has 3 rings (SSSR count). The zero-order valence-electron chi connectivity index (χ0n) is 11.5. The molecule has 1 aliphatic heterocycles. The van der Waals surface area contributed by atoms with Crippen molar-refractivity contribution in [2.75, 3.05) is 11.4 Å². The van der Waals surface area contributed by atoms with E-state index in [0.29, 0.717) is 23.0 Å². The first kappa shape index (κ1) is 14.4. The number of benzene rings is 1. The Hall–Kier alpha value is -1.58. The molecule has 1 aromatic carbocycles. The van der Waals surface area contributed by atoms with Crippen LogP contribution in [0.25, 0.3) is 0 Å². The van der Waals surface area contributed by atoms with Gasteiger partial charge in [-0.2, -0.15) is 0 Å². The molecule has 0 aliphatic carbocycles. The standard InChI is InChI=1S/C16H14Cl2N2O/c1-10-6-7-20(14-5-3-2-4-12(10)14)16(21)11-8-13(17)15(18)19-9-11/h2-5,8-10H,6-7H2,1H3. The molecule has 108 valence electrons. The van der Waals surface area contributed by atoms with Gasteiger partial charge >= 0.3 is 0 Å². The van der Waals surface area contributed by atoms with Gasteiger partial charge in [-0.1, -0.05) is 48.3 Å². The second kappa shape index (κ2) is 5.66. The lowest BCUT2D eigenvalue weighted by molar-refractivity contribution is 0.0984. The molecule has 1 atom stereocenters. The summed E-state index contributed by atoms with van der Waals surface area (Å²) in [5, 5.41) is 0.502. The van der Waals surface area contributed by atoms with Crippen LogP contribution in [0.2, 0.25) is 10.2 Å². The first-order chi connectivity index (χ1) is 10.1. The van der Waals surface area contributed by atoms with Crippen LogP contribution in [0.15, 0.2) is 36.5 Å². The maximum Gasteiger partial charge on any atom is 0.259 e. The Morgan fingerprint density at radius 1 is 1.33 bits per heavy atom. The first-order valence-electron chi connectivity index (χ1n) is 6.79. The van der Waals surface area contributed by atoms with Gasteiger partial charge in [-0.15, -0.1) is 0 Å². The predicted molar refractivity (Wildman–Crippen MR) is 85.4 cm³/mol. The van der Waals surface area contributed by atoms with Crippen molar-refractivity contribution in [2.45, 2.75) is 19.3 Å². The average Bonchev–Trinajstić information content (AvgIpc) is 2.50. The van der Waals surface area contributed by atoms with Crippen molar-refractivity contribution in [3.63, 3.8) is 0 Å². The minimum Gasteiger partial charge on any atom is -0.308 e. The van der Waals surface area contributed by atoms with E-state index in [1.165, 1.54) is 11.8 Å². The number of aromatic nitrogens is 1. The largest absolute Gasteiger partial charge is 0.308 e. The highest BCUT2D eigenvalue weighted by atomic mass is 35.5. The maximum atomic E-state index is 12.7. The number of rotatable bonds is 1. The van der Waals surface area contributed by atoms with Crippen LogP contribution in [-0.4, -0.2) is 17.4 Å². The van der Waals surface area contributed by atoms with Gasteiger partial charge in [0.15, 0.2) is 0 Å². The summed E-state index contributed by atoms with van der Waals surface area (Å²) in [4.78, 5) is 18.5. The van der Waals surface area contributed by atoms with Gasteiger partial charge in [-0.3, -0.25) is 4.79 Å². The third-order valence-electron chi connectivity index (χ3n) is 3.83. The number of hydrogen-bond donors (Lipinski definition) is 0. The highest BCUT2D eigenvalue weighted by Crippen LogP contribution is 2.35. The number of nitrogens with zero attached hydrogens (tertiary/aromatic N) is 2. The van der Waals surface area contributed by atoms with Gasteiger partial charge < -0.3 is 4.90 Å². The zero-order valence-corrected chi connectivity index (χ0v) is 13.0. The fourth-order valence-electron chi connectivity index (χ4n) is 2.65. The Labute approximate surface area is 133 Å². The Kier molecular flexibility index (Phi) is 3.87. The van der Waals surface area contributed by atoms with Crippen LogP contribution in [0.3, 0.4) is 0 Å². The molecule has 2 heterocycles. The number of carbonyl (C=O) groups is 1. The summed E-state index contributed by atoms with van der Waals surface area (Å²) in [6.07, 6.45) is 2.41. The van der Waals surface area contributed by atoms with E-state index in [9.17, 15) is 4.79 Å². The quantitative estimate of drug-likeness (QED) is 0.722. The Morgan fingerprint density at radius 2 is 2.10 bits per heavy atom. The number of hydrogen-bond acceptors (Lipinski definition) is 2. The molecule has 2 aromatic rings. The normalized spacial score (nSPS) is 17.5. The third-order valence-corrected chi connectivity index (χ3v) is 4.52. The minimum atomic E-state index is -0.0968. The Morgan fingerprint density at radius 3 is 2.86 bits per heavy atom. The van der Waals surface area contributed by atoms with E-state index in [0.717, 1.165) is 12.1 Å². The van der Waals surface area contributed by atoms with E-state index in [1.807, 2.05) is 18.2 Å². The molecule has 0 saturated carbocycles. The van der Waals surface area contributed by atoms with Gasteiger partial charge in [-0.25, -0.2) is 4.98 Å². The molecule has 1 amide bonds. The molecule has 0 fully saturated rings. The lowest BCUT2D eigenvalue weighted by Gasteiger charge is -2.33. The van der Waals surface area contributed by atoms with Crippen molar-refractivity contribution in [2.24, 2.45) is 0 Å². The van der Waals surface area contributed by atoms with Gasteiger partial charge in [0.05, 0.1) is 10.6 Å². The van der Waals surface area contributed by atoms with Crippen LogP contribution in [0, 0.1) is 0 Å². The summed E-state index contributed by atoms with van der Waals surface area (Å²) in [6, 6.07) is 9.58. The van der Waals surface area contributed by atoms with Crippen LogP contribution in [-0.2, 0) is 0 Å². The van der Waals surface area contributed by atoms with Gasteiger partial charge in [0.25, 0.3) is 5.91 Å². The molecule has 21 heavy (non-hydrogen) atoms. The molecule has 1 aromatic heterocycles. The van der Waals surface area contributed by atoms with Crippen LogP contribution >= 0.6 is 23.2 Å². The van der Waals surface area contributed by atoms with Crippen molar-refractivity contribution in [1.82, 2.24) is 4.98 Å². The maximum absolute atomic E-state index is 12.7. The van der Waals surface area contributed by atoms with E-state index < -0.39 is 0 Å². The lowest BCUT2D eigenvalue weighted by atomic mass is 9.91. The summed E-state index contributed by atoms with van der Waals surface area (Å²) in [7, 11) is 0. The van der Waals surface area contributed by atoms with E-state index >= 15 is 0 Å². The number of para-hydroxylation sites is 1. The Bertz CT molecular complexity index is 702. The topological polar surface area (TPSA) is 33.2 Å². The van der Waals surface area contributed by atoms with Crippen LogP contribution in [0.4, 0.5) is 5.69 Å². The van der Waals surface area contributed by atoms with Gasteiger partial charge in [0, 0.05) is 18.4 Å². The summed E-state index contributed by atoms with van der Waals surface area (Å²) in [5.74, 6) is 0.359. The van der Waals surface area contributed by atoms with Crippen molar-refractivity contribution < 1.29 is 4.79 Å². The smallest absolute Gasteiger partial charge is 0.259 e. The van der Waals surface area contributed by atoms with Crippen molar-refractivity contribution in [3.05, 3.63) is 57.8 Å². The fourth-order valence-corrected chi connectivity index (χ4v) is 2.92. The number of carbonyl (C=O) groups excluding carboxylic acids is 1. The number of pyridine rings is 1. The molecule has 3 nitrogen and oxygen atoms in total. The number of fused-ring (bicyclic) bond motifs is 1. The van der Waals surface area contributed by atoms with Crippen molar-refractivity contribution in [1.29, 1.82) is 0 Å². The molecular weight excluding hydrogens is 307 g/mol. The molecule has 0 spiro atoms. The first-order valence-corrected chi connectivity index (χ1v) is 7.55. The molecule has 1 unspecified atom stereocenters. The number of anilines is 1. The van der Waals surface area contributed by atoms with E-state index in [1.54, 1.807) is 11.0 Å². The van der Waals surface area contributed by atoms with E-state index in [2.05, 4.69) is 18.0 Å². The molecule has 0 N–H and O–H groups in total.